The number of hydrogen-bond donors (Lipinski definition) is 3. The van der Waals surface area contributed by atoms with E-state index in [1.54, 1.807) is 24.3 Å². The van der Waals surface area contributed by atoms with E-state index in [0.29, 0.717) is 18.0 Å². The van der Waals surface area contributed by atoms with E-state index in [1.165, 1.54) is 0 Å². The molecule has 0 aliphatic carbocycles. The van der Waals surface area contributed by atoms with Gasteiger partial charge in [0.15, 0.2) is 6.61 Å². The van der Waals surface area contributed by atoms with Gasteiger partial charge in [-0.2, -0.15) is 0 Å². The highest BCUT2D eigenvalue weighted by Crippen LogP contribution is 2.12. The lowest BCUT2D eigenvalue weighted by molar-refractivity contribution is -0.123. The number of nitrogen functional groups attached to an aromatic ring is 1. The van der Waals surface area contributed by atoms with Crippen molar-refractivity contribution >= 4 is 11.6 Å². The molecule has 0 spiro atoms. The van der Waals surface area contributed by atoms with E-state index >= 15 is 0 Å². The van der Waals surface area contributed by atoms with Gasteiger partial charge in [0.2, 0.25) is 0 Å². The minimum atomic E-state index is -0.196. The maximum atomic E-state index is 11.7. The maximum absolute atomic E-state index is 11.7. The van der Waals surface area contributed by atoms with Gasteiger partial charge in [0.1, 0.15) is 5.75 Å². The van der Waals surface area contributed by atoms with Gasteiger partial charge >= 0.3 is 0 Å². The number of hydrogen-bond acceptors (Lipinski definition) is 4. The Morgan fingerprint density at radius 2 is 1.67 bits per heavy atom. The summed E-state index contributed by atoms with van der Waals surface area (Å²) in [5.41, 5.74) is 8.03. The topological polar surface area (TPSA) is 84.6 Å². The van der Waals surface area contributed by atoms with Crippen LogP contribution in [0.4, 0.5) is 5.69 Å². The Kier molecular flexibility index (Phi) is 5.17. The molecule has 0 saturated carbocycles. The minimum absolute atomic E-state index is 0.0159. The van der Waals surface area contributed by atoms with Crippen LogP contribution in [0.25, 0.3) is 0 Å². The summed E-state index contributed by atoms with van der Waals surface area (Å²) in [7, 11) is 0. The number of carbonyl (C=O) groups is 1. The predicted octanol–water partition coefficient (Wildman–Crippen LogP) is 1.46. The van der Waals surface area contributed by atoms with Crippen molar-refractivity contribution in [2.45, 2.75) is 13.2 Å². The summed E-state index contributed by atoms with van der Waals surface area (Å²) >= 11 is 0. The fourth-order valence-electron chi connectivity index (χ4n) is 1.73. The number of aliphatic hydroxyl groups excluding tert-OH is 1. The summed E-state index contributed by atoms with van der Waals surface area (Å²) in [4.78, 5) is 11.7. The van der Waals surface area contributed by atoms with Crippen LogP contribution in [0.3, 0.4) is 0 Å². The number of aliphatic hydroxyl groups is 1. The fraction of sp³-hybridized carbons (Fsp3) is 0.188. The van der Waals surface area contributed by atoms with Crippen LogP contribution in [-0.2, 0) is 17.9 Å². The first-order chi connectivity index (χ1) is 10.2. The van der Waals surface area contributed by atoms with E-state index in [4.69, 9.17) is 15.6 Å². The summed E-state index contributed by atoms with van der Waals surface area (Å²) in [6, 6.07) is 14.3. The van der Waals surface area contributed by atoms with Gasteiger partial charge in [0, 0.05) is 12.2 Å². The zero-order valence-electron chi connectivity index (χ0n) is 11.6. The van der Waals surface area contributed by atoms with E-state index in [-0.39, 0.29) is 19.1 Å². The highest BCUT2D eigenvalue weighted by Gasteiger charge is 2.03. The molecule has 0 aromatic heterocycles. The van der Waals surface area contributed by atoms with Crippen molar-refractivity contribution in [3.8, 4) is 5.75 Å². The molecule has 0 aliphatic rings. The van der Waals surface area contributed by atoms with Crippen LogP contribution in [0.15, 0.2) is 48.5 Å². The van der Waals surface area contributed by atoms with Crippen LogP contribution in [-0.4, -0.2) is 17.6 Å². The molecule has 2 aromatic rings. The molecule has 0 fully saturated rings. The number of nitrogens with two attached hydrogens (primary N) is 1. The van der Waals surface area contributed by atoms with Gasteiger partial charge in [-0.1, -0.05) is 24.3 Å². The number of nitrogens with one attached hydrogen (secondary N) is 1. The lowest BCUT2D eigenvalue weighted by Crippen LogP contribution is -2.28. The largest absolute Gasteiger partial charge is 0.484 e. The molecule has 0 unspecified atom stereocenters. The molecule has 0 radical (unpaired) electrons. The third kappa shape index (κ3) is 4.81. The Hall–Kier alpha value is -2.53. The smallest absolute Gasteiger partial charge is 0.258 e. The van der Waals surface area contributed by atoms with Gasteiger partial charge in [0.05, 0.1) is 6.61 Å². The van der Waals surface area contributed by atoms with Gasteiger partial charge in [0.25, 0.3) is 5.91 Å². The monoisotopic (exact) mass is 286 g/mol. The molecule has 5 heteroatoms. The van der Waals surface area contributed by atoms with Gasteiger partial charge in [-0.15, -0.1) is 0 Å². The maximum Gasteiger partial charge on any atom is 0.258 e. The zero-order valence-corrected chi connectivity index (χ0v) is 11.6. The van der Waals surface area contributed by atoms with E-state index in [1.807, 2.05) is 24.3 Å². The van der Waals surface area contributed by atoms with Crippen molar-refractivity contribution in [3.63, 3.8) is 0 Å². The molecule has 2 rings (SSSR count). The Balaban J connectivity index is 1.75. The average Bonchev–Trinajstić information content (AvgIpc) is 2.53. The second-order valence-corrected chi connectivity index (χ2v) is 4.61. The van der Waals surface area contributed by atoms with Gasteiger partial charge in [-0.3, -0.25) is 4.79 Å². The van der Waals surface area contributed by atoms with E-state index in [9.17, 15) is 4.79 Å². The molecule has 5 nitrogen and oxygen atoms in total. The number of carbonyl (C=O) groups excluding carboxylic acids is 1. The summed E-state index contributed by atoms with van der Waals surface area (Å²) in [5, 5.41) is 11.7. The molecule has 110 valence electrons. The summed E-state index contributed by atoms with van der Waals surface area (Å²) in [5.74, 6) is 0.407. The summed E-state index contributed by atoms with van der Waals surface area (Å²) < 4.78 is 5.35. The predicted molar refractivity (Wildman–Crippen MR) is 80.6 cm³/mol. The highest BCUT2D eigenvalue weighted by atomic mass is 16.5. The van der Waals surface area contributed by atoms with E-state index < -0.39 is 0 Å². The Morgan fingerprint density at radius 1 is 1.05 bits per heavy atom. The number of ether oxygens (including phenoxy) is 1. The highest BCUT2D eigenvalue weighted by molar-refractivity contribution is 5.77. The van der Waals surface area contributed by atoms with E-state index in [2.05, 4.69) is 5.32 Å². The summed E-state index contributed by atoms with van der Waals surface area (Å²) in [6.07, 6.45) is 0. The van der Waals surface area contributed by atoms with Crippen molar-refractivity contribution < 1.29 is 14.6 Å². The molecule has 0 atom stereocenters. The van der Waals surface area contributed by atoms with E-state index in [0.717, 1.165) is 11.1 Å². The first-order valence-corrected chi connectivity index (χ1v) is 6.61. The molecule has 0 bridgehead atoms. The molecule has 0 heterocycles. The van der Waals surface area contributed by atoms with Crippen molar-refractivity contribution in [3.05, 3.63) is 59.7 Å². The zero-order chi connectivity index (χ0) is 15.1. The van der Waals surface area contributed by atoms with Crippen molar-refractivity contribution in [2.75, 3.05) is 12.3 Å². The molecule has 4 N–H and O–H groups in total. The standard InChI is InChI=1S/C16H18N2O3/c17-14-5-7-15(8-6-14)21-11-16(20)18-9-12-1-3-13(10-19)4-2-12/h1-8,19H,9-11,17H2,(H,18,20). The quantitative estimate of drug-likeness (QED) is 0.702. The average molecular weight is 286 g/mol. The van der Waals surface area contributed by atoms with Crippen molar-refractivity contribution in [2.24, 2.45) is 0 Å². The molecular formula is C16H18N2O3. The minimum Gasteiger partial charge on any atom is -0.484 e. The summed E-state index contributed by atoms with van der Waals surface area (Å²) in [6.45, 7) is 0.399. The van der Waals surface area contributed by atoms with Gasteiger partial charge < -0.3 is 20.9 Å². The van der Waals surface area contributed by atoms with Crippen LogP contribution in [0.1, 0.15) is 11.1 Å². The number of anilines is 1. The van der Waals surface area contributed by atoms with Crippen molar-refractivity contribution in [1.29, 1.82) is 0 Å². The first kappa shape index (κ1) is 14.9. The first-order valence-electron chi connectivity index (χ1n) is 6.61. The van der Waals surface area contributed by atoms with Crippen LogP contribution in [0, 0.1) is 0 Å². The molecule has 2 aromatic carbocycles. The van der Waals surface area contributed by atoms with Gasteiger partial charge in [-0.05, 0) is 35.4 Å². The molecular weight excluding hydrogens is 268 g/mol. The lowest BCUT2D eigenvalue weighted by atomic mass is 10.1. The Morgan fingerprint density at radius 3 is 2.29 bits per heavy atom. The second-order valence-electron chi connectivity index (χ2n) is 4.61. The molecule has 0 aliphatic heterocycles. The second kappa shape index (κ2) is 7.31. The molecule has 1 amide bonds. The van der Waals surface area contributed by atoms with Crippen LogP contribution in [0.5, 0.6) is 5.75 Å². The molecule has 0 saturated heterocycles. The number of benzene rings is 2. The molecule has 21 heavy (non-hydrogen) atoms. The normalized spacial score (nSPS) is 10.1. The third-order valence-corrected chi connectivity index (χ3v) is 2.95. The number of amides is 1. The van der Waals surface area contributed by atoms with Crippen LogP contribution in [0.2, 0.25) is 0 Å². The van der Waals surface area contributed by atoms with Crippen LogP contribution < -0.4 is 15.8 Å². The lowest BCUT2D eigenvalue weighted by Gasteiger charge is -2.08. The van der Waals surface area contributed by atoms with Crippen LogP contribution >= 0.6 is 0 Å². The SMILES string of the molecule is Nc1ccc(OCC(=O)NCc2ccc(CO)cc2)cc1. The fourth-order valence-corrected chi connectivity index (χ4v) is 1.73. The number of rotatable bonds is 6. The van der Waals surface area contributed by atoms with Crippen molar-refractivity contribution in [1.82, 2.24) is 5.32 Å². The Labute approximate surface area is 123 Å². The third-order valence-electron chi connectivity index (χ3n) is 2.95. The van der Waals surface area contributed by atoms with Gasteiger partial charge in [-0.25, -0.2) is 0 Å². The Bertz CT molecular complexity index is 579.